The van der Waals surface area contributed by atoms with Crippen molar-refractivity contribution in [2.45, 2.75) is 39.7 Å². The summed E-state index contributed by atoms with van der Waals surface area (Å²) in [6.07, 6.45) is 1.66. The Morgan fingerprint density at radius 2 is 2.00 bits per heavy atom. The molecule has 0 aliphatic rings. The van der Waals surface area contributed by atoms with Gasteiger partial charge in [0, 0.05) is 27.9 Å². The van der Waals surface area contributed by atoms with Gasteiger partial charge in [0.1, 0.15) is 10.7 Å². The van der Waals surface area contributed by atoms with Crippen LogP contribution in [0.3, 0.4) is 0 Å². The van der Waals surface area contributed by atoms with Gasteiger partial charge in [0.05, 0.1) is 12.5 Å². The molecule has 0 aliphatic heterocycles. The number of fused-ring (bicyclic) bond motifs is 1. The summed E-state index contributed by atoms with van der Waals surface area (Å²) in [6.45, 7) is 4.37. The van der Waals surface area contributed by atoms with Crippen molar-refractivity contribution < 1.29 is 9.53 Å². The molecular formula is C20H21BrN2O3S. The van der Waals surface area contributed by atoms with Gasteiger partial charge in [0.25, 0.3) is 5.56 Å². The lowest BCUT2D eigenvalue weighted by atomic mass is 10.0. The number of ether oxygens (including phenoxy) is 1. The van der Waals surface area contributed by atoms with Crippen LogP contribution in [0.1, 0.15) is 30.5 Å². The first kappa shape index (κ1) is 19.8. The van der Waals surface area contributed by atoms with E-state index in [2.05, 4.69) is 32.6 Å². The topological polar surface area (TPSA) is 61.2 Å². The molecule has 3 rings (SSSR count). The van der Waals surface area contributed by atoms with Crippen LogP contribution in [0.25, 0.3) is 21.3 Å². The number of nitrogens with zero attached hydrogens (tertiary/aromatic N) is 2. The van der Waals surface area contributed by atoms with Crippen molar-refractivity contribution in [3.63, 3.8) is 0 Å². The zero-order chi connectivity index (χ0) is 19.6. The van der Waals surface area contributed by atoms with E-state index in [0.29, 0.717) is 24.2 Å². The first-order valence-electron chi connectivity index (χ1n) is 8.81. The minimum Gasteiger partial charge on any atom is -0.469 e. The van der Waals surface area contributed by atoms with Gasteiger partial charge in [-0.2, -0.15) is 0 Å². The molecule has 0 spiro atoms. The molecule has 5 nitrogen and oxygen atoms in total. The highest BCUT2D eigenvalue weighted by atomic mass is 79.9. The van der Waals surface area contributed by atoms with Crippen molar-refractivity contribution >= 4 is 43.5 Å². The number of aromatic nitrogens is 2. The molecule has 0 amide bonds. The number of esters is 1. The molecule has 1 aromatic carbocycles. The Bertz CT molecular complexity index is 1040. The number of hydrogen-bond donors (Lipinski definition) is 0. The molecule has 0 N–H and O–H groups in total. The van der Waals surface area contributed by atoms with Crippen LogP contribution in [0.4, 0.5) is 0 Å². The Morgan fingerprint density at radius 1 is 1.30 bits per heavy atom. The third-order valence-corrected chi connectivity index (χ3v) is 6.28. The van der Waals surface area contributed by atoms with Gasteiger partial charge in [-0.3, -0.25) is 14.2 Å². The van der Waals surface area contributed by atoms with E-state index in [1.54, 1.807) is 15.9 Å². The maximum atomic E-state index is 13.3. The van der Waals surface area contributed by atoms with Crippen molar-refractivity contribution in [2.24, 2.45) is 0 Å². The zero-order valence-corrected chi connectivity index (χ0v) is 17.9. The number of benzene rings is 1. The average molecular weight is 449 g/mol. The second-order valence-electron chi connectivity index (χ2n) is 6.24. The summed E-state index contributed by atoms with van der Waals surface area (Å²) in [4.78, 5) is 31.3. The van der Waals surface area contributed by atoms with Crippen LogP contribution in [-0.2, 0) is 22.5 Å². The molecule has 0 aliphatic carbocycles. The van der Waals surface area contributed by atoms with Gasteiger partial charge < -0.3 is 4.74 Å². The van der Waals surface area contributed by atoms with Gasteiger partial charge in [0.2, 0.25) is 0 Å². The number of aryl methyl sites for hydroxylation is 2. The smallest absolute Gasteiger partial charge is 0.305 e. The highest BCUT2D eigenvalue weighted by molar-refractivity contribution is 9.10. The highest BCUT2D eigenvalue weighted by Gasteiger charge is 2.19. The number of carbonyl (C=O) groups excluding carboxylic acids is 1. The summed E-state index contributed by atoms with van der Waals surface area (Å²) in [7, 11) is 1.37. The summed E-state index contributed by atoms with van der Waals surface area (Å²) < 4.78 is 7.34. The Kier molecular flexibility index (Phi) is 6.11. The average Bonchev–Trinajstić information content (AvgIpc) is 3.03. The SMILES string of the molecule is CCc1sc2nc(C)n(CCCC(=O)OC)c(=O)c2c1-c1ccc(Br)cc1. The maximum absolute atomic E-state index is 13.3. The van der Waals surface area contributed by atoms with E-state index in [1.165, 1.54) is 7.11 Å². The van der Waals surface area contributed by atoms with Gasteiger partial charge in [-0.25, -0.2) is 4.98 Å². The van der Waals surface area contributed by atoms with Crippen LogP contribution in [0.15, 0.2) is 33.5 Å². The molecule has 7 heteroatoms. The minimum atomic E-state index is -0.269. The summed E-state index contributed by atoms with van der Waals surface area (Å²) >= 11 is 5.04. The van der Waals surface area contributed by atoms with Crippen molar-refractivity contribution in [3.8, 4) is 11.1 Å². The van der Waals surface area contributed by atoms with E-state index in [0.717, 1.165) is 31.7 Å². The summed E-state index contributed by atoms with van der Waals surface area (Å²) in [5.41, 5.74) is 1.95. The minimum absolute atomic E-state index is 0.0452. The predicted octanol–water partition coefficient (Wildman–Crippen LogP) is 4.71. The van der Waals surface area contributed by atoms with Gasteiger partial charge >= 0.3 is 5.97 Å². The summed E-state index contributed by atoms with van der Waals surface area (Å²) in [5, 5.41) is 0.669. The first-order chi connectivity index (χ1) is 13.0. The Hall–Kier alpha value is -1.99. The second kappa shape index (κ2) is 8.35. The fourth-order valence-corrected chi connectivity index (χ4v) is 4.58. The largest absolute Gasteiger partial charge is 0.469 e. The molecular weight excluding hydrogens is 428 g/mol. The monoisotopic (exact) mass is 448 g/mol. The number of halogens is 1. The number of methoxy groups -OCH3 is 1. The molecule has 0 fully saturated rings. The lowest BCUT2D eigenvalue weighted by Crippen LogP contribution is -2.24. The van der Waals surface area contributed by atoms with Crippen molar-refractivity contribution in [2.75, 3.05) is 7.11 Å². The van der Waals surface area contributed by atoms with Gasteiger partial charge in [-0.15, -0.1) is 11.3 Å². The Balaban J connectivity index is 2.12. The van der Waals surface area contributed by atoms with E-state index in [1.807, 2.05) is 31.2 Å². The van der Waals surface area contributed by atoms with Gasteiger partial charge in [-0.05, 0) is 37.5 Å². The molecule has 0 unspecified atom stereocenters. The van der Waals surface area contributed by atoms with E-state index in [-0.39, 0.29) is 17.9 Å². The number of rotatable bonds is 6. The van der Waals surface area contributed by atoms with E-state index in [4.69, 9.17) is 0 Å². The Morgan fingerprint density at radius 3 is 2.63 bits per heavy atom. The quantitative estimate of drug-likeness (QED) is 0.512. The first-order valence-corrected chi connectivity index (χ1v) is 10.4. The molecule has 0 atom stereocenters. The predicted molar refractivity (Wildman–Crippen MR) is 112 cm³/mol. The molecule has 142 valence electrons. The van der Waals surface area contributed by atoms with Crippen LogP contribution in [0.5, 0.6) is 0 Å². The number of carbonyl (C=O) groups is 1. The Labute approximate surface area is 170 Å². The normalized spacial score (nSPS) is 11.1. The van der Waals surface area contributed by atoms with Crippen LogP contribution in [0, 0.1) is 6.92 Å². The van der Waals surface area contributed by atoms with E-state index < -0.39 is 0 Å². The van der Waals surface area contributed by atoms with E-state index in [9.17, 15) is 9.59 Å². The van der Waals surface area contributed by atoms with Crippen molar-refractivity contribution in [1.29, 1.82) is 0 Å². The van der Waals surface area contributed by atoms with Crippen LogP contribution in [0.2, 0.25) is 0 Å². The molecule has 0 bridgehead atoms. The highest BCUT2D eigenvalue weighted by Crippen LogP contribution is 2.37. The molecule has 2 heterocycles. The second-order valence-corrected chi connectivity index (χ2v) is 8.24. The number of thiophene rings is 1. The number of hydrogen-bond acceptors (Lipinski definition) is 5. The van der Waals surface area contributed by atoms with Gasteiger partial charge in [0.15, 0.2) is 0 Å². The maximum Gasteiger partial charge on any atom is 0.305 e. The van der Waals surface area contributed by atoms with Crippen LogP contribution < -0.4 is 5.56 Å². The van der Waals surface area contributed by atoms with E-state index >= 15 is 0 Å². The third-order valence-electron chi connectivity index (χ3n) is 4.52. The standard InChI is InChI=1S/C20H21BrN2O3S/c1-4-15-17(13-7-9-14(21)10-8-13)18-19(27-15)22-12(2)23(20(18)25)11-5-6-16(24)26-3/h7-10H,4-6,11H2,1-3H3. The fraction of sp³-hybridized carbons (Fsp3) is 0.350. The van der Waals surface area contributed by atoms with Crippen LogP contribution in [-0.4, -0.2) is 22.6 Å². The lowest BCUT2D eigenvalue weighted by molar-refractivity contribution is -0.140. The van der Waals surface area contributed by atoms with Gasteiger partial charge in [-0.1, -0.05) is 35.0 Å². The van der Waals surface area contributed by atoms with Crippen molar-refractivity contribution in [1.82, 2.24) is 9.55 Å². The molecule has 0 radical (unpaired) electrons. The summed E-state index contributed by atoms with van der Waals surface area (Å²) in [5.74, 6) is 0.401. The molecule has 2 aromatic heterocycles. The summed E-state index contributed by atoms with van der Waals surface area (Å²) in [6, 6.07) is 8.00. The van der Waals surface area contributed by atoms with Crippen molar-refractivity contribution in [3.05, 3.63) is 49.8 Å². The molecule has 27 heavy (non-hydrogen) atoms. The zero-order valence-electron chi connectivity index (χ0n) is 15.5. The third kappa shape index (κ3) is 3.99. The van der Waals surface area contributed by atoms with Crippen LogP contribution >= 0.6 is 27.3 Å². The lowest BCUT2D eigenvalue weighted by Gasteiger charge is -2.10. The molecule has 0 saturated carbocycles. The molecule has 0 saturated heterocycles. The molecule has 3 aromatic rings. The fourth-order valence-electron chi connectivity index (χ4n) is 3.15.